The lowest BCUT2D eigenvalue weighted by Gasteiger charge is -2.15. The van der Waals surface area contributed by atoms with Gasteiger partial charge in [-0.25, -0.2) is 0 Å². The molecule has 1 aliphatic carbocycles. The fraction of sp³-hybridized carbons (Fsp3) is 0.0833. The topological polar surface area (TPSA) is 33.4 Å². The summed E-state index contributed by atoms with van der Waals surface area (Å²) in [4.78, 5) is 0. The van der Waals surface area contributed by atoms with E-state index >= 15 is 0 Å². The van der Waals surface area contributed by atoms with Gasteiger partial charge in [0.2, 0.25) is 0 Å². The number of halogens is 1. The summed E-state index contributed by atoms with van der Waals surface area (Å²) in [6.07, 6.45) is 3.88. The molecule has 0 amide bonds. The Kier molecular flexibility index (Phi) is 3.89. The maximum atomic E-state index is 10.2. The Morgan fingerprint density at radius 1 is 0.852 bits per heavy atom. The number of allylic oxidation sites excluding steroid dienone is 1. The van der Waals surface area contributed by atoms with E-state index in [9.17, 15) is 5.11 Å². The number of furan rings is 1. The number of aliphatic hydroxyl groups excluding tert-OH is 1. The highest BCUT2D eigenvalue weighted by molar-refractivity contribution is 6.25. The minimum absolute atomic E-state index is 0.0423. The van der Waals surface area contributed by atoms with Gasteiger partial charge in [0.1, 0.15) is 11.3 Å². The van der Waals surface area contributed by atoms with Crippen molar-refractivity contribution in [2.75, 3.05) is 0 Å². The second-order valence-electron chi connectivity index (χ2n) is 6.68. The molecule has 1 aliphatic rings. The van der Waals surface area contributed by atoms with Crippen LogP contribution in [0.15, 0.2) is 77.2 Å². The summed E-state index contributed by atoms with van der Waals surface area (Å²) in [7, 11) is 0. The third kappa shape index (κ3) is 2.53. The Hall–Kier alpha value is -2.81. The van der Waals surface area contributed by atoms with Gasteiger partial charge < -0.3 is 9.52 Å². The van der Waals surface area contributed by atoms with Crippen molar-refractivity contribution in [3.8, 4) is 22.3 Å². The monoisotopic (exact) mass is 372 g/mol. The summed E-state index contributed by atoms with van der Waals surface area (Å²) in [6, 6.07) is 22.3. The van der Waals surface area contributed by atoms with Crippen LogP contribution in [0.2, 0.25) is 0 Å². The van der Waals surface area contributed by atoms with E-state index in [-0.39, 0.29) is 12.0 Å². The highest BCUT2D eigenvalue weighted by Crippen LogP contribution is 2.45. The van der Waals surface area contributed by atoms with Crippen LogP contribution in [-0.4, -0.2) is 5.11 Å². The minimum atomic E-state index is -0.197. The molecular formula is C24H17ClO2. The fourth-order valence-electron chi connectivity index (χ4n) is 3.98. The van der Waals surface area contributed by atoms with Crippen LogP contribution >= 0.6 is 11.6 Å². The molecule has 0 bridgehead atoms. The molecule has 2 nitrogen and oxygen atoms in total. The van der Waals surface area contributed by atoms with Gasteiger partial charge in [-0.15, -0.1) is 11.6 Å². The number of benzene rings is 3. The van der Waals surface area contributed by atoms with E-state index in [0.717, 1.165) is 50.1 Å². The molecule has 4 aromatic rings. The smallest absolute Gasteiger partial charge is 0.135 e. The first-order valence-corrected chi connectivity index (χ1v) is 9.38. The number of hydrogen-bond donors (Lipinski definition) is 1. The van der Waals surface area contributed by atoms with Gasteiger partial charge in [-0.05, 0) is 40.0 Å². The first kappa shape index (κ1) is 16.4. The Morgan fingerprint density at radius 3 is 2.41 bits per heavy atom. The lowest BCUT2D eigenvalue weighted by Crippen LogP contribution is -1.95. The molecule has 0 saturated heterocycles. The molecule has 0 fully saturated rings. The van der Waals surface area contributed by atoms with E-state index in [1.807, 2.05) is 48.6 Å². The van der Waals surface area contributed by atoms with Gasteiger partial charge in [0.05, 0.1) is 12.0 Å². The molecule has 1 N–H and O–H groups in total. The number of rotatable bonds is 3. The first-order chi connectivity index (χ1) is 13.3. The molecular weight excluding hydrogens is 356 g/mol. The third-order valence-corrected chi connectivity index (χ3v) is 5.55. The highest BCUT2D eigenvalue weighted by atomic mass is 35.5. The predicted octanol–water partition coefficient (Wildman–Crippen LogP) is 6.57. The van der Waals surface area contributed by atoms with Crippen LogP contribution in [0.5, 0.6) is 0 Å². The normalized spacial score (nSPS) is 15.4. The molecule has 27 heavy (non-hydrogen) atoms. The van der Waals surface area contributed by atoms with Gasteiger partial charge >= 0.3 is 0 Å². The molecule has 0 spiro atoms. The first-order valence-electron chi connectivity index (χ1n) is 8.94. The molecule has 0 saturated carbocycles. The van der Waals surface area contributed by atoms with Gasteiger partial charge in [0, 0.05) is 10.9 Å². The summed E-state index contributed by atoms with van der Waals surface area (Å²) >= 11 is 6.53. The maximum absolute atomic E-state index is 10.2. The van der Waals surface area contributed by atoms with Crippen LogP contribution in [0, 0.1) is 0 Å². The quantitative estimate of drug-likeness (QED) is 0.413. The van der Waals surface area contributed by atoms with Gasteiger partial charge in [-0.1, -0.05) is 66.7 Å². The second-order valence-corrected chi connectivity index (χ2v) is 7.15. The molecule has 1 heterocycles. The zero-order chi connectivity index (χ0) is 18.4. The number of aliphatic hydroxyl groups is 1. The van der Waals surface area contributed by atoms with E-state index in [4.69, 9.17) is 16.0 Å². The number of fused-ring (bicyclic) bond motifs is 3. The minimum Gasteiger partial charge on any atom is -0.456 e. The molecule has 1 aromatic heterocycles. The Balaban J connectivity index is 1.80. The summed E-state index contributed by atoms with van der Waals surface area (Å²) in [5.74, 6) is 0.821. The van der Waals surface area contributed by atoms with Crippen molar-refractivity contribution in [3.05, 3.63) is 89.7 Å². The fourth-order valence-corrected chi connectivity index (χ4v) is 4.27. The van der Waals surface area contributed by atoms with E-state index < -0.39 is 0 Å². The molecule has 3 aromatic carbocycles. The van der Waals surface area contributed by atoms with Gasteiger partial charge in [0.15, 0.2) is 0 Å². The summed E-state index contributed by atoms with van der Waals surface area (Å²) in [6.45, 7) is -0.0423. The zero-order valence-corrected chi connectivity index (χ0v) is 15.3. The van der Waals surface area contributed by atoms with Crippen LogP contribution in [0.25, 0.3) is 39.3 Å². The summed E-state index contributed by atoms with van der Waals surface area (Å²) < 4.78 is 6.00. The maximum Gasteiger partial charge on any atom is 0.135 e. The SMILES string of the molecule is OCc1c(-c2ccccc2)cccc1-c1cccc2oc3c(c12)[C@@H](Cl)C=C3. The van der Waals surface area contributed by atoms with Crippen molar-refractivity contribution in [1.82, 2.24) is 0 Å². The van der Waals surface area contributed by atoms with Crippen LogP contribution in [0.3, 0.4) is 0 Å². The average Bonchev–Trinajstić information content (AvgIpc) is 3.27. The molecule has 5 rings (SSSR count). The highest BCUT2D eigenvalue weighted by Gasteiger charge is 2.25. The van der Waals surface area contributed by atoms with Crippen LogP contribution in [0.4, 0.5) is 0 Å². The van der Waals surface area contributed by atoms with Gasteiger partial charge in [-0.2, -0.15) is 0 Å². The largest absolute Gasteiger partial charge is 0.456 e. The van der Waals surface area contributed by atoms with Crippen LogP contribution in [0.1, 0.15) is 22.3 Å². The van der Waals surface area contributed by atoms with Crippen molar-refractivity contribution in [2.45, 2.75) is 12.0 Å². The van der Waals surface area contributed by atoms with Crippen LogP contribution in [-0.2, 0) is 6.61 Å². The van der Waals surface area contributed by atoms with Crippen molar-refractivity contribution in [2.24, 2.45) is 0 Å². The molecule has 0 radical (unpaired) electrons. The summed E-state index contributed by atoms with van der Waals surface area (Å²) in [5.41, 5.74) is 6.90. The molecule has 132 valence electrons. The van der Waals surface area contributed by atoms with Crippen molar-refractivity contribution in [1.29, 1.82) is 0 Å². The van der Waals surface area contributed by atoms with E-state index in [2.05, 4.69) is 30.3 Å². The van der Waals surface area contributed by atoms with Crippen molar-refractivity contribution in [3.63, 3.8) is 0 Å². The van der Waals surface area contributed by atoms with E-state index in [1.165, 1.54) is 0 Å². The standard InChI is InChI=1S/C24H17ClO2/c25-20-12-13-22-24(20)23-18(10-5-11-21(23)27-22)17-9-4-8-16(19(17)14-26)15-6-2-1-3-7-15/h1-13,20,26H,14H2/t20-/m0/s1. The third-order valence-electron chi connectivity index (χ3n) is 5.18. The van der Waals surface area contributed by atoms with E-state index in [1.54, 1.807) is 0 Å². The Bertz CT molecular complexity index is 1170. The Morgan fingerprint density at radius 2 is 1.59 bits per heavy atom. The molecule has 0 aliphatic heterocycles. The zero-order valence-electron chi connectivity index (χ0n) is 14.5. The summed E-state index contributed by atoms with van der Waals surface area (Å²) in [5, 5.41) is 11.1. The van der Waals surface area contributed by atoms with Gasteiger partial charge in [0.25, 0.3) is 0 Å². The lowest BCUT2D eigenvalue weighted by atomic mass is 9.90. The molecule has 0 unspecified atom stereocenters. The lowest BCUT2D eigenvalue weighted by molar-refractivity contribution is 0.283. The second kappa shape index (κ2) is 6.41. The number of hydrogen-bond acceptors (Lipinski definition) is 2. The average molecular weight is 373 g/mol. The Labute approximate surface area is 162 Å². The van der Waals surface area contributed by atoms with Crippen molar-refractivity contribution < 1.29 is 9.52 Å². The number of alkyl halides is 1. The molecule has 3 heteroatoms. The predicted molar refractivity (Wildman–Crippen MR) is 111 cm³/mol. The van der Waals surface area contributed by atoms with E-state index in [0.29, 0.717) is 0 Å². The van der Waals surface area contributed by atoms with Crippen LogP contribution < -0.4 is 0 Å². The van der Waals surface area contributed by atoms with Gasteiger partial charge in [-0.3, -0.25) is 0 Å². The molecule has 1 atom stereocenters. The van der Waals surface area contributed by atoms with Crippen molar-refractivity contribution >= 4 is 28.6 Å².